The maximum Gasteiger partial charge on any atom is 0.223 e. The molecule has 1 aromatic carbocycles. The van der Waals surface area contributed by atoms with Crippen molar-refractivity contribution < 1.29 is 9.47 Å². The summed E-state index contributed by atoms with van der Waals surface area (Å²) in [6.45, 7) is 0.970. The summed E-state index contributed by atoms with van der Waals surface area (Å²) in [4.78, 5) is 14.6. The first-order valence-corrected chi connectivity index (χ1v) is 6.91. The van der Waals surface area contributed by atoms with Gasteiger partial charge in [0.25, 0.3) is 0 Å². The van der Waals surface area contributed by atoms with Crippen molar-refractivity contribution in [3.05, 3.63) is 58.5 Å². The highest BCUT2D eigenvalue weighted by atomic mass is 35.5. The second-order valence-corrected chi connectivity index (χ2v) is 4.45. The van der Waals surface area contributed by atoms with Gasteiger partial charge >= 0.3 is 0 Å². The van der Waals surface area contributed by atoms with Crippen molar-refractivity contribution in [1.29, 1.82) is 0 Å². The molecule has 0 aliphatic rings. The van der Waals surface area contributed by atoms with Crippen LogP contribution in [-0.4, -0.2) is 18.2 Å². The lowest BCUT2D eigenvalue weighted by Crippen LogP contribution is -2.12. The van der Waals surface area contributed by atoms with E-state index < -0.39 is 0 Å². The van der Waals surface area contributed by atoms with Gasteiger partial charge in [-0.2, -0.15) is 0 Å². The van der Waals surface area contributed by atoms with E-state index in [1.165, 1.54) is 12.3 Å². The van der Waals surface area contributed by atoms with Gasteiger partial charge in [-0.15, -0.1) is 11.6 Å². The van der Waals surface area contributed by atoms with Crippen molar-refractivity contribution in [2.45, 2.75) is 12.3 Å². The van der Waals surface area contributed by atoms with Gasteiger partial charge in [0.1, 0.15) is 5.75 Å². The number of aromatic amines is 1. The monoisotopic (exact) mass is 293 g/mol. The van der Waals surface area contributed by atoms with E-state index in [1.807, 2.05) is 30.3 Å². The van der Waals surface area contributed by atoms with Crippen molar-refractivity contribution in [2.24, 2.45) is 0 Å². The van der Waals surface area contributed by atoms with E-state index in [-0.39, 0.29) is 11.3 Å². The van der Waals surface area contributed by atoms with Gasteiger partial charge < -0.3 is 14.5 Å². The van der Waals surface area contributed by atoms with E-state index in [2.05, 4.69) is 4.98 Å². The summed E-state index contributed by atoms with van der Waals surface area (Å²) in [5, 5.41) is 0. The molecule has 0 aliphatic heterocycles. The summed E-state index contributed by atoms with van der Waals surface area (Å²) < 4.78 is 10.9. The number of para-hydroxylation sites is 1. The molecular weight excluding hydrogens is 278 g/mol. The normalized spacial score (nSPS) is 10.2. The fraction of sp³-hybridized carbons (Fsp3) is 0.267. The summed E-state index contributed by atoms with van der Waals surface area (Å²) in [7, 11) is 0. The van der Waals surface area contributed by atoms with Crippen molar-refractivity contribution in [2.75, 3.05) is 13.2 Å². The van der Waals surface area contributed by atoms with E-state index in [4.69, 9.17) is 21.1 Å². The predicted molar refractivity (Wildman–Crippen MR) is 78.7 cm³/mol. The molecule has 1 N–H and O–H groups in total. The minimum atomic E-state index is -0.164. The first kappa shape index (κ1) is 14.5. The fourth-order valence-corrected chi connectivity index (χ4v) is 1.79. The molecule has 106 valence electrons. The third-order valence-corrected chi connectivity index (χ3v) is 2.93. The number of ether oxygens (including phenoxy) is 2. The van der Waals surface area contributed by atoms with Crippen molar-refractivity contribution in [1.82, 2.24) is 4.98 Å². The van der Waals surface area contributed by atoms with Crippen LogP contribution in [0.3, 0.4) is 0 Å². The van der Waals surface area contributed by atoms with E-state index in [1.54, 1.807) is 0 Å². The van der Waals surface area contributed by atoms with Crippen LogP contribution >= 0.6 is 11.6 Å². The summed E-state index contributed by atoms with van der Waals surface area (Å²) in [5.41, 5.74) is 0.514. The fourth-order valence-electron chi connectivity index (χ4n) is 1.64. The lowest BCUT2D eigenvalue weighted by molar-refractivity contribution is 0.246. The molecule has 0 atom stereocenters. The minimum absolute atomic E-state index is 0.164. The lowest BCUT2D eigenvalue weighted by Gasteiger charge is -2.07. The molecule has 0 saturated heterocycles. The van der Waals surface area contributed by atoms with E-state index in [0.717, 1.165) is 5.75 Å². The second kappa shape index (κ2) is 7.60. The molecule has 5 heteroatoms. The summed E-state index contributed by atoms with van der Waals surface area (Å²) in [5.74, 6) is 1.41. The van der Waals surface area contributed by atoms with Crippen LogP contribution in [0.4, 0.5) is 0 Å². The number of halogens is 1. The smallest absolute Gasteiger partial charge is 0.223 e. The van der Waals surface area contributed by atoms with Gasteiger partial charge in [-0.3, -0.25) is 4.79 Å². The molecule has 0 spiro atoms. The number of H-pyrrole nitrogens is 1. The first-order chi connectivity index (χ1) is 9.79. The van der Waals surface area contributed by atoms with Crippen LogP contribution in [0.1, 0.15) is 12.1 Å². The number of rotatable bonds is 7. The van der Waals surface area contributed by atoms with Gasteiger partial charge in [0, 0.05) is 24.4 Å². The van der Waals surface area contributed by atoms with E-state index >= 15 is 0 Å². The molecule has 0 fully saturated rings. The molecule has 0 bridgehead atoms. The molecule has 20 heavy (non-hydrogen) atoms. The number of hydrogen-bond donors (Lipinski definition) is 1. The largest absolute Gasteiger partial charge is 0.493 e. The third-order valence-electron chi connectivity index (χ3n) is 2.64. The Morgan fingerprint density at radius 1 is 1.10 bits per heavy atom. The lowest BCUT2D eigenvalue weighted by atomic mass is 10.3. The average molecular weight is 294 g/mol. The zero-order valence-corrected chi connectivity index (χ0v) is 11.7. The Bertz CT molecular complexity index is 583. The van der Waals surface area contributed by atoms with Gasteiger partial charge in [-0.25, -0.2) is 0 Å². The van der Waals surface area contributed by atoms with Crippen LogP contribution in [0, 0.1) is 0 Å². The standard InChI is InChI=1S/C15H16ClNO3/c16-10-12-9-14(18)15(11-17-12)20-8-4-7-19-13-5-2-1-3-6-13/h1-3,5-6,9,11H,4,7-8,10H2,(H,17,18). The van der Waals surface area contributed by atoms with Crippen molar-refractivity contribution >= 4 is 11.6 Å². The molecular formula is C15H16ClNO3. The highest BCUT2D eigenvalue weighted by Crippen LogP contribution is 2.09. The van der Waals surface area contributed by atoms with Crippen LogP contribution in [-0.2, 0) is 5.88 Å². The first-order valence-electron chi connectivity index (χ1n) is 6.38. The van der Waals surface area contributed by atoms with Crippen molar-refractivity contribution in [3.8, 4) is 11.5 Å². The van der Waals surface area contributed by atoms with Crippen LogP contribution in [0.15, 0.2) is 47.4 Å². The Labute approximate surface area is 122 Å². The molecule has 2 rings (SSSR count). The Morgan fingerprint density at radius 2 is 1.85 bits per heavy atom. The van der Waals surface area contributed by atoms with Gasteiger partial charge in [0.2, 0.25) is 5.43 Å². The average Bonchev–Trinajstić information content (AvgIpc) is 2.49. The summed E-state index contributed by atoms with van der Waals surface area (Å²) in [6.07, 6.45) is 2.24. The number of pyridine rings is 1. The SMILES string of the molecule is O=c1cc(CCl)[nH]cc1OCCCOc1ccccc1. The molecule has 0 unspecified atom stereocenters. The Hall–Kier alpha value is -1.94. The number of alkyl halides is 1. The van der Waals surface area contributed by atoms with Crippen LogP contribution in [0.25, 0.3) is 0 Å². The molecule has 4 nitrogen and oxygen atoms in total. The molecule has 0 aliphatic carbocycles. The zero-order chi connectivity index (χ0) is 14.2. The number of nitrogens with one attached hydrogen (secondary N) is 1. The summed E-state index contributed by atoms with van der Waals surface area (Å²) >= 11 is 5.63. The van der Waals surface area contributed by atoms with Gasteiger partial charge in [0.15, 0.2) is 5.75 Å². The third kappa shape index (κ3) is 4.31. The molecule has 1 heterocycles. The Kier molecular flexibility index (Phi) is 5.50. The van der Waals surface area contributed by atoms with Crippen LogP contribution in [0.5, 0.6) is 11.5 Å². The topological polar surface area (TPSA) is 51.3 Å². The second-order valence-electron chi connectivity index (χ2n) is 4.18. The Morgan fingerprint density at radius 3 is 2.55 bits per heavy atom. The van der Waals surface area contributed by atoms with E-state index in [0.29, 0.717) is 31.1 Å². The highest BCUT2D eigenvalue weighted by Gasteiger charge is 2.02. The maximum absolute atomic E-state index is 11.6. The molecule has 0 radical (unpaired) electrons. The minimum Gasteiger partial charge on any atom is -0.493 e. The van der Waals surface area contributed by atoms with Gasteiger partial charge in [-0.05, 0) is 12.1 Å². The number of aromatic nitrogens is 1. The van der Waals surface area contributed by atoms with Crippen LogP contribution < -0.4 is 14.9 Å². The quantitative estimate of drug-likeness (QED) is 0.631. The molecule has 0 amide bonds. The molecule has 0 saturated carbocycles. The zero-order valence-electron chi connectivity index (χ0n) is 11.0. The molecule has 1 aromatic heterocycles. The molecule has 2 aromatic rings. The van der Waals surface area contributed by atoms with Crippen molar-refractivity contribution in [3.63, 3.8) is 0 Å². The predicted octanol–water partition coefficient (Wildman–Crippen LogP) is 2.96. The van der Waals surface area contributed by atoms with Gasteiger partial charge in [-0.1, -0.05) is 18.2 Å². The van der Waals surface area contributed by atoms with Gasteiger partial charge in [0.05, 0.1) is 19.1 Å². The summed E-state index contributed by atoms with van der Waals surface area (Å²) in [6, 6.07) is 11.0. The van der Waals surface area contributed by atoms with Crippen LogP contribution in [0.2, 0.25) is 0 Å². The maximum atomic E-state index is 11.6. The Balaban J connectivity index is 1.72. The number of hydrogen-bond acceptors (Lipinski definition) is 3. The number of benzene rings is 1. The highest BCUT2D eigenvalue weighted by molar-refractivity contribution is 6.16. The van der Waals surface area contributed by atoms with E-state index in [9.17, 15) is 4.79 Å².